The van der Waals surface area contributed by atoms with Crippen molar-refractivity contribution in [2.75, 3.05) is 11.9 Å². The smallest absolute Gasteiger partial charge is 0.409 e. The Kier molecular flexibility index (Phi) is 4.48. The molecule has 6 nitrogen and oxygen atoms in total. The second-order valence-corrected chi connectivity index (χ2v) is 5.42. The van der Waals surface area contributed by atoms with Crippen molar-refractivity contribution in [3.05, 3.63) is 27.5 Å². The molecule has 0 radical (unpaired) electrons. The van der Waals surface area contributed by atoms with Gasteiger partial charge in [-0.15, -0.1) is 0 Å². The minimum atomic E-state index is -1.09. The largest absolute Gasteiger partial charge is 0.465 e. The number of aromatic nitrogens is 1. The average molecular weight is 387 g/mol. The molecular weight excluding hydrogens is 373 g/mol. The van der Waals surface area contributed by atoms with Crippen LogP contribution in [0.4, 0.5) is 10.5 Å². The molecule has 106 valence electrons. The Morgan fingerprint density at radius 1 is 1.40 bits per heavy atom. The Hall–Kier alpha value is -1.77. The first-order chi connectivity index (χ1) is 9.47. The first-order valence-electron chi connectivity index (χ1n) is 6.02. The van der Waals surface area contributed by atoms with E-state index in [1.54, 1.807) is 12.1 Å². The molecule has 7 heteroatoms. The number of benzene rings is 1. The first-order valence-corrected chi connectivity index (χ1v) is 7.09. The van der Waals surface area contributed by atoms with Crippen molar-refractivity contribution in [2.45, 2.75) is 13.3 Å². The fourth-order valence-corrected chi connectivity index (χ4v) is 2.87. The predicted molar refractivity (Wildman–Crippen MR) is 85.1 cm³/mol. The molecule has 0 saturated carbocycles. The van der Waals surface area contributed by atoms with E-state index in [1.807, 2.05) is 6.07 Å². The van der Waals surface area contributed by atoms with Crippen molar-refractivity contribution in [3.8, 4) is 0 Å². The van der Waals surface area contributed by atoms with E-state index in [-0.39, 0.29) is 5.91 Å². The lowest BCUT2D eigenvalue weighted by Gasteiger charge is -2.04. The van der Waals surface area contributed by atoms with Crippen molar-refractivity contribution in [2.24, 2.45) is 0 Å². The number of carbonyl (C=O) groups excluding carboxylic acids is 1. The molecule has 0 aliphatic carbocycles. The van der Waals surface area contributed by atoms with Crippen molar-refractivity contribution >= 4 is 51.2 Å². The number of halogens is 1. The molecule has 2 rings (SSSR count). The number of hydrogen-bond donors (Lipinski definition) is 4. The number of rotatable bonds is 4. The molecule has 0 aliphatic rings. The topological polar surface area (TPSA) is 94.2 Å². The van der Waals surface area contributed by atoms with Crippen LogP contribution in [0.2, 0.25) is 0 Å². The minimum absolute atomic E-state index is 0.0620. The van der Waals surface area contributed by atoms with Gasteiger partial charge in [0.25, 0.3) is 0 Å². The monoisotopic (exact) mass is 387 g/mol. The lowest BCUT2D eigenvalue weighted by molar-refractivity contribution is -0.118. The number of anilines is 1. The highest BCUT2D eigenvalue weighted by Crippen LogP contribution is 2.27. The maximum Gasteiger partial charge on any atom is 0.409 e. The maximum absolute atomic E-state index is 10.9. The average Bonchev–Trinajstić information content (AvgIpc) is 2.65. The van der Waals surface area contributed by atoms with Gasteiger partial charge < -0.3 is 15.4 Å². The van der Waals surface area contributed by atoms with Crippen LogP contribution in [0.3, 0.4) is 0 Å². The third-order valence-corrected chi connectivity index (χ3v) is 3.78. The normalized spacial score (nSPS) is 10.5. The fraction of sp³-hybridized carbons (Fsp3) is 0.231. The number of aromatic amines is 1. The van der Waals surface area contributed by atoms with Crippen LogP contribution >= 0.6 is 22.6 Å². The molecule has 20 heavy (non-hydrogen) atoms. The van der Waals surface area contributed by atoms with Crippen molar-refractivity contribution in [1.29, 1.82) is 0 Å². The van der Waals surface area contributed by atoms with E-state index in [4.69, 9.17) is 5.11 Å². The molecule has 4 N–H and O–H groups in total. The summed E-state index contributed by atoms with van der Waals surface area (Å²) in [4.78, 5) is 24.8. The Morgan fingerprint density at radius 3 is 2.80 bits per heavy atom. The molecule has 2 aromatic rings. The minimum Gasteiger partial charge on any atom is -0.465 e. The molecule has 0 unspecified atom stereocenters. The van der Waals surface area contributed by atoms with Gasteiger partial charge in [0.15, 0.2) is 0 Å². The molecule has 0 fully saturated rings. The Morgan fingerprint density at radius 2 is 2.15 bits per heavy atom. The molecule has 2 amide bonds. The fourth-order valence-electron chi connectivity index (χ4n) is 2.02. The van der Waals surface area contributed by atoms with E-state index < -0.39 is 6.09 Å². The lowest BCUT2D eigenvalue weighted by atomic mass is 10.1. The highest BCUT2D eigenvalue weighted by Gasteiger charge is 2.10. The number of carboxylic acid groups (broad SMARTS) is 1. The molecule has 1 heterocycles. The van der Waals surface area contributed by atoms with E-state index >= 15 is 0 Å². The highest BCUT2D eigenvalue weighted by molar-refractivity contribution is 14.1. The van der Waals surface area contributed by atoms with Gasteiger partial charge in [-0.3, -0.25) is 10.1 Å². The molecular formula is C13H14IN3O3. The molecule has 0 bridgehead atoms. The zero-order valence-electron chi connectivity index (χ0n) is 10.8. The zero-order chi connectivity index (χ0) is 14.7. The van der Waals surface area contributed by atoms with Gasteiger partial charge in [0.1, 0.15) is 0 Å². The van der Waals surface area contributed by atoms with E-state index in [0.717, 1.165) is 20.2 Å². The first kappa shape index (κ1) is 14.6. The van der Waals surface area contributed by atoms with Gasteiger partial charge in [-0.1, -0.05) is 0 Å². The van der Waals surface area contributed by atoms with Crippen LogP contribution in [0.5, 0.6) is 0 Å². The Labute approximate surface area is 129 Å². The second kappa shape index (κ2) is 6.12. The summed E-state index contributed by atoms with van der Waals surface area (Å²) in [7, 11) is 0. The lowest BCUT2D eigenvalue weighted by Crippen LogP contribution is -2.22. The van der Waals surface area contributed by atoms with Crippen LogP contribution in [-0.4, -0.2) is 28.6 Å². The Balaban J connectivity index is 2.29. The van der Waals surface area contributed by atoms with Crippen molar-refractivity contribution in [1.82, 2.24) is 10.3 Å². The van der Waals surface area contributed by atoms with Gasteiger partial charge in [0.05, 0.1) is 3.70 Å². The zero-order valence-corrected chi connectivity index (χ0v) is 12.9. The summed E-state index contributed by atoms with van der Waals surface area (Å²) in [5.41, 5.74) is 2.55. The molecule has 0 spiro atoms. The van der Waals surface area contributed by atoms with Gasteiger partial charge in [-0.25, -0.2) is 4.79 Å². The quantitative estimate of drug-likeness (QED) is 0.608. The third-order valence-electron chi connectivity index (χ3n) is 2.85. The maximum atomic E-state index is 10.9. The standard InChI is InChI=1S/C13H14IN3O3/c1-7(18)15-5-4-9-10-6-8(16-13(19)20)2-3-11(10)17-12(9)14/h2-3,6,16-17H,4-5H2,1H3,(H,15,18)(H,19,20). The van der Waals surface area contributed by atoms with E-state index in [9.17, 15) is 9.59 Å². The molecule has 0 aliphatic heterocycles. The molecule has 1 aromatic heterocycles. The summed E-state index contributed by atoms with van der Waals surface area (Å²) in [6, 6.07) is 5.34. The van der Waals surface area contributed by atoms with Crippen molar-refractivity contribution in [3.63, 3.8) is 0 Å². The Bertz CT molecular complexity index is 666. The molecule has 0 saturated heterocycles. The summed E-state index contributed by atoms with van der Waals surface area (Å²) < 4.78 is 0.996. The SMILES string of the molecule is CC(=O)NCCc1c(I)[nH]c2ccc(NC(=O)O)cc12. The van der Waals surface area contributed by atoms with Crippen LogP contribution in [0, 0.1) is 3.70 Å². The van der Waals surface area contributed by atoms with Crippen LogP contribution < -0.4 is 10.6 Å². The molecule has 1 aromatic carbocycles. The number of nitrogens with one attached hydrogen (secondary N) is 3. The van der Waals surface area contributed by atoms with Crippen LogP contribution in [0.1, 0.15) is 12.5 Å². The van der Waals surface area contributed by atoms with Crippen LogP contribution in [0.15, 0.2) is 18.2 Å². The van der Waals surface area contributed by atoms with Gasteiger partial charge in [-0.2, -0.15) is 0 Å². The molecule has 0 atom stereocenters. The van der Waals surface area contributed by atoms with E-state index in [1.165, 1.54) is 6.92 Å². The van der Waals surface area contributed by atoms with Gasteiger partial charge in [0.2, 0.25) is 5.91 Å². The predicted octanol–water partition coefficient (Wildman–Crippen LogP) is 2.54. The number of hydrogen-bond acceptors (Lipinski definition) is 2. The van der Waals surface area contributed by atoms with Gasteiger partial charge >= 0.3 is 6.09 Å². The van der Waals surface area contributed by atoms with E-state index in [2.05, 4.69) is 38.2 Å². The summed E-state index contributed by atoms with van der Waals surface area (Å²) in [6.07, 6.45) is -0.400. The summed E-state index contributed by atoms with van der Waals surface area (Å²) in [5, 5.41) is 14.8. The highest BCUT2D eigenvalue weighted by atomic mass is 127. The number of fused-ring (bicyclic) bond motifs is 1. The second-order valence-electron chi connectivity index (χ2n) is 4.34. The number of H-pyrrole nitrogens is 1. The van der Waals surface area contributed by atoms with Crippen LogP contribution in [-0.2, 0) is 11.2 Å². The number of amides is 2. The number of carbonyl (C=O) groups is 2. The van der Waals surface area contributed by atoms with Gasteiger partial charge in [-0.05, 0) is 52.8 Å². The van der Waals surface area contributed by atoms with Gasteiger partial charge in [0, 0.05) is 30.1 Å². The summed E-state index contributed by atoms with van der Waals surface area (Å²) >= 11 is 2.20. The van der Waals surface area contributed by atoms with Crippen molar-refractivity contribution < 1.29 is 14.7 Å². The van der Waals surface area contributed by atoms with E-state index in [0.29, 0.717) is 18.7 Å². The van der Waals surface area contributed by atoms with Crippen LogP contribution in [0.25, 0.3) is 10.9 Å². The summed E-state index contributed by atoms with van der Waals surface area (Å²) in [5.74, 6) is -0.0620. The third kappa shape index (κ3) is 3.41. The summed E-state index contributed by atoms with van der Waals surface area (Å²) in [6.45, 7) is 2.03.